The van der Waals surface area contributed by atoms with Gasteiger partial charge in [0, 0.05) is 11.1 Å². The fourth-order valence-electron chi connectivity index (χ4n) is 2.00. The molecule has 0 amide bonds. The third-order valence-electron chi connectivity index (χ3n) is 2.76. The van der Waals surface area contributed by atoms with E-state index in [0.29, 0.717) is 22.9 Å². The standard InChI is InChI=1S/C10H5N7/c11-7-5-3-1-2-4-6(5)8-9(7)12-10-13-15-16-17(10)14-8/h1-4,11H. The number of hydrogen-bond acceptors (Lipinski definition) is 6. The second-order valence-corrected chi connectivity index (χ2v) is 3.70. The van der Waals surface area contributed by atoms with E-state index in [-0.39, 0.29) is 0 Å². The zero-order valence-electron chi connectivity index (χ0n) is 8.49. The first kappa shape index (κ1) is 8.45. The molecule has 0 atom stereocenters. The van der Waals surface area contributed by atoms with E-state index in [1.165, 1.54) is 4.63 Å². The van der Waals surface area contributed by atoms with Crippen LogP contribution in [0.2, 0.25) is 0 Å². The molecular formula is C10H5N7. The Kier molecular flexibility index (Phi) is 1.34. The van der Waals surface area contributed by atoms with Gasteiger partial charge >= 0.3 is 0 Å². The van der Waals surface area contributed by atoms with Crippen molar-refractivity contribution >= 4 is 11.5 Å². The van der Waals surface area contributed by atoms with Crippen LogP contribution in [0.5, 0.6) is 0 Å². The Morgan fingerprint density at radius 3 is 2.76 bits per heavy atom. The highest BCUT2D eigenvalue weighted by molar-refractivity contribution is 6.21. The van der Waals surface area contributed by atoms with Crippen LogP contribution >= 0.6 is 0 Å². The summed E-state index contributed by atoms with van der Waals surface area (Å²) in [6.07, 6.45) is 0. The summed E-state index contributed by atoms with van der Waals surface area (Å²) >= 11 is 0. The van der Waals surface area contributed by atoms with Crippen LogP contribution in [-0.2, 0) is 0 Å². The van der Waals surface area contributed by atoms with E-state index in [2.05, 4.69) is 25.6 Å². The largest absolute Gasteiger partial charge is 0.298 e. The molecule has 0 spiro atoms. The molecule has 0 aliphatic heterocycles. The number of rotatable bonds is 0. The number of aromatic nitrogens is 6. The molecule has 0 unspecified atom stereocenters. The van der Waals surface area contributed by atoms with Crippen LogP contribution in [0.15, 0.2) is 24.3 Å². The summed E-state index contributed by atoms with van der Waals surface area (Å²) in [5.41, 5.74) is 3.30. The highest BCUT2D eigenvalue weighted by Gasteiger charge is 2.27. The van der Waals surface area contributed by atoms with Crippen LogP contribution < -0.4 is 0 Å². The fourth-order valence-corrected chi connectivity index (χ4v) is 2.00. The highest BCUT2D eigenvalue weighted by atomic mass is 15.6. The number of nitrogens with zero attached hydrogens (tertiary/aromatic N) is 6. The van der Waals surface area contributed by atoms with Gasteiger partial charge in [0.05, 0.1) is 5.71 Å². The van der Waals surface area contributed by atoms with Crippen LogP contribution in [0, 0.1) is 5.41 Å². The number of nitrogens with one attached hydrogen (secondary N) is 1. The van der Waals surface area contributed by atoms with Crippen molar-refractivity contribution in [3.8, 4) is 11.3 Å². The average Bonchev–Trinajstić information content (AvgIpc) is 2.92. The molecule has 4 rings (SSSR count). The van der Waals surface area contributed by atoms with Gasteiger partial charge in [-0.2, -0.15) is 0 Å². The summed E-state index contributed by atoms with van der Waals surface area (Å²) in [6, 6.07) is 7.60. The van der Waals surface area contributed by atoms with Gasteiger partial charge in [-0.25, -0.2) is 4.98 Å². The number of hydrogen-bond donors (Lipinski definition) is 1. The van der Waals surface area contributed by atoms with E-state index in [4.69, 9.17) is 5.41 Å². The van der Waals surface area contributed by atoms with Crippen molar-refractivity contribution in [1.29, 1.82) is 5.41 Å². The van der Waals surface area contributed by atoms with Crippen LogP contribution in [0.25, 0.3) is 17.0 Å². The van der Waals surface area contributed by atoms with E-state index >= 15 is 0 Å². The Hall–Kier alpha value is -2.70. The number of fused-ring (bicyclic) bond motifs is 4. The topological polar surface area (TPSA) is 92.7 Å². The number of benzene rings is 1. The Labute approximate surface area is 94.6 Å². The lowest BCUT2D eigenvalue weighted by Crippen LogP contribution is -2.04. The first-order valence-corrected chi connectivity index (χ1v) is 5.00. The Balaban J connectivity index is 2.16. The second kappa shape index (κ2) is 2.70. The predicted molar refractivity (Wildman–Crippen MR) is 57.7 cm³/mol. The van der Waals surface area contributed by atoms with Crippen LogP contribution in [0.4, 0.5) is 0 Å². The van der Waals surface area contributed by atoms with Crippen molar-refractivity contribution in [3.05, 3.63) is 35.5 Å². The van der Waals surface area contributed by atoms with E-state index in [1.807, 2.05) is 24.3 Å². The van der Waals surface area contributed by atoms with Crippen LogP contribution in [0.3, 0.4) is 0 Å². The van der Waals surface area contributed by atoms with Gasteiger partial charge in [0.2, 0.25) is 0 Å². The average molecular weight is 223 g/mol. The summed E-state index contributed by atoms with van der Waals surface area (Å²) < 4.78 is 1.27. The van der Waals surface area contributed by atoms with Gasteiger partial charge in [-0.15, -0.1) is 5.10 Å². The molecule has 80 valence electrons. The first-order chi connectivity index (χ1) is 8.34. The summed E-state index contributed by atoms with van der Waals surface area (Å²) in [5, 5.41) is 23.3. The molecule has 2 heterocycles. The van der Waals surface area contributed by atoms with Gasteiger partial charge in [0.15, 0.2) is 0 Å². The zero-order valence-corrected chi connectivity index (χ0v) is 8.49. The lowest BCUT2D eigenvalue weighted by molar-refractivity contribution is 0.729. The Bertz CT molecular complexity index is 773. The number of tetrazole rings is 1. The molecule has 1 N–H and O–H groups in total. The quantitative estimate of drug-likeness (QED) is 0.463. The van der Waals surface area contributed by atoms with Crippen molar-refractivity contribution in [3.63, 3.8) is 0 Å². The molecule has 0 fully saturated rings. The first-order valence-electron chi connectivity index (χ1n) is 5.00. The smallest absolute Gasteiger partial charge is 0.291 e. The van der Waals surface area contributed by atoms with Crippen molar-refractivity contribution in [1.82, 2.24) is 30.2 Å². The molecule has 17 heavy (non-hydrogen) atoms. The summed E-state index contributed by atoms with van der Waals surface area (Å²) in [6.45, 7) is 0. The van der Waals surface area contributed by atoms with Crippen molar-refractivity contribution < 1.29 is 0 Å². The van der Waals surface area contributed by atoms with Crippen LogP contribution in [-0.4, -0.2) is 35.9 Å². The van der Waals surface area contributed by atoms with E-state index in [1.54, 1.807) is 0 Å². The maximum atomic E-state index is 8.06. The monoisotopic (exact) mass is 223 g/mol. The van der Waals surface area contributed by atoms with Gasteiger partial charge in [0.1, 0.15) is 11.4 Å². The third-order valence-corrected chi connectivity index (χ3v) is 2.76. The Morgan fingerprint density at radius 1 is 1.06 bits per heavy atom. The van der Waals surface area contributed by atoms with Crippen molar-refractivity contribution in [2.75, 3.05) is 0 Å². The van der Waals surface area contributed by atoms with Gasteiger partial charge in [-0.3, -0.25) is 5.41 Å². The SMILES string of the molecule is N=C1c2ccccc2-c2nn3nnnc3nc21. The van der Waals surface area contributed by atoms with Crippen molar-refractivity contribution in [2.45, 2.75) is 0 Å². The molecule has 2 aromatic heterocycles. The summed E-state index contributed by atoms with van der Waals surface area (Å²) in [4.78, 5) is 4.25. The van der Waals surface area contributed by atoms with E-state index in [9.17, 15) is 0 Å². The third kappa shape index (κ3) is 0.949. The zero-order chi connectivity index (χ0) is 11.4. The van der Waals surface area contributed by atoms with E-state index in [0.717, 1.165) is 11.1 Å². The predicted octanol–water partition coefficient (Wildman–Crippen LogP) is 0.311. The molecule has 1 aliphatic carbocycles. The maximum Gasteiger partial charge on any atom is 0.291 e. The second-order valence-electron chi connectivity index (χ2n) is 3.70. The molecule has 0 saturated carbocycles. The van der Waals surface area contributed by atoms with Gasteiger partial charge in [-0.05, 0) is 10.4 Å². The normalized spacial score (nSPS) is 12.8. The molecule has 0 saturated heterocycles. The van der Waals surface area contributed by atoms with Crippen molar-refractivity contribution in [2.24, 2.45) is 0 Å². The molecule has 1 aromatic carbocycles. The molecule has 3 aromatic rings. The van der Waals surface area contributed by atoms with Gasteiger partial charge in [0.25, 0.3) is 5.78 Å². The lowest BCUT2D eigenvalue weighted by Gasteiger charge is -1.96. The molecule has 7 heteroatoms. The van der Waals surface area contributed by atoms with Crippen LogP contribution in [0.1, 0.15) is 11.3 Å². The fraction of sp³-hybridized carbons (Fsp3) is 0. The lowest BCUT2D eigenvalue weighted by atomic mass is 10.1. The van der Waals surface area contributed by atoms with E-state index < -0.39 is 0 Å². The maximum absolute atomic E-state index is 8.06. The Morgan fingerprint density at radius 2 is 1.88 bits per heavy atom. The summed E-state index contributed by atoms with van der Waals surface area (Å²) in [5.74, 6) is 0.307. The minimum Gasteiger partial charge on any atom is -0.298 e. The minimum absolute atomic E-state index is 0.307. The van der Waals surface area contributed by atoms with Gasteiger partial charge in [-0.1, -0.05) is 34.0 Å². The van der Waals surface area contributed by atoms with Gasteiger partial charge < -0.3 is 0 Å². The molecule has 0 radical (unpaired) electrons. The molecule has 7 nitrogen and oxygen atoms in total. The minimum atomic E-state index is 0.307. The summed E-state index contributed by atoms with van der Waals surface area (Å²) in [7, 11) is 0. The molecule has 0 bridgehead atoms. The highest BCUT2D eigenvalue weighted by Crippen LogP contribution is 2.32. The molecule has 1 aliphatic rings. The molecular weight excluding hydrogens is 218 g/mol.